The van der Waals surface area contributed by atoms with E-state index in [1.807, 2.05) is 0 Å². The molecular formula is C32H30Cl2N2O12. The highest BCUT2D eigenvalue weighted by atomic mass is 35.5. The van der Waals surface area contributed by atoms with E-state index in [0.29, 0.717) is 16.5 Å². The Morgan fingerprint density at radius 2 is 1.56 bits per heavy atom. The number of aliphatic carboxylic acids is 4. The molecule has 0 saturated carbocycles. The van der Waals surface area contributed by atoms with Crippen LogP contribution in [0.2, 0.25) is 10.0 Å². The number of nitrogens with zero attached hydrogens (tertiary/aromatic N) is 1. The Morgan fingerprint density at radius 3 is 2.17 bits per heavy atom. The van der Waals surface area contributed by atoms with Crippen molar-refractivity contribution in [3.8, 4) is 17.1 Å². The highest BCUT2D eigenvalue weighted by Crippen LogP contribution is 2.48. The zero-order chi connectivity index (χ0) is 35.4. The molecule has 0 spiro atoms. The fraction of sp³-hybridized carbons (Fsp3) is 0.312. The molecule has 1 heterocycles. The summed E-state index contributed by atoms with van der Waals surface area (Å²) in [4.78, 5) is 73.2. The Kier molecular flexibility index (Phi) is 11.1. The summed E-state index contributed by atoms with van der Waals surface area (Å²) in [6, 6.07) is 3.74. The fourth-order valence-corrected chi connectivity index (χ4v) is 6.22. The predicted molar refractivity (Wildman–Crippen MR) is 172 cm³/mol. The molecule has 4 rings (SSSR count). The molecule has 16 heteroatoms. The number of nitrogens with one attached hydrogen (secondary N) is 1. The van der Waals surface area contributed by atoms with Crippen molar-refractivity contribution in [3.63, 3.8) is 0 Å². The number of unbranched alkanes of at least 4 members (excludes halogenated alkanes) is 1. The van der Waals surface area contributed by atoms with Gasteiger partial charge in [0.05, 0.1) is 23.1 Å². The van der Waals surface area contributed by atoms with Crippen LogP contribution >= 0.6 is 23.2 Å². The number of carboxylic acids is 4. The summed E-state index contributed by atoms with van der Waals surface area (Å²) in [5.74, 6) is -7.96. The van der Waals surface area contributed by atoms with Crippen molar-refractivity contribution in [2.45, 2.75) is 38.1 Å². The van der Waals surface area contributed by atoms with Gasteiger partial charge in [0, 0.05) is 46.7 Å². The molecule has 0 fully saturated rings. The average Bonchev–Trinajstić information content (AvgIpc) is 2.98. The van der Waals surface area contributed by atoms with Crippen LogP contribution < -0.4 is 10.7 Å². The third kappa shape index (κ3) is 7.78. The first-order valence-corrected chi connectivity index (χ1v) is 15.3. The Bertz CT molecular complexity index is 1880. The number of phenols is 1. The number of benzene rings is 2. The smallest absolute Gasteiger partial charge is 0.332 e. The van der Waals surface area contributed by atoms with E-state index >= 15 is 0 Å². The predicted octanol–water partition coefficient (Wildman–Crippen LogP) is 3.79. The van der Waals surface area contributed by atoms with E-state index in [4.69, 9.17) is 37.8 Å². The molecule has 1 aromatic rings. The van der Waals surface area contributed by atoms with Crippen LogP contribution in [0.5, 0.6) is 5.75 Å². The number of halogens is 2. The van der Waals surface area contributed by atoms with Crippen molar-refractivity contribution in [2.24, 2.45) is 5.92 Å². The van der Waals surface area contributed by atoms with Crippen LogP contribution in [0.1, 0.15) is 37.7 Å². The summed E-state index contributed by atoms with van der Waals surface area (Å²) in [6.45, 7) is 0.157. The Labute approximate surface area is 281 Å². The molecule has 254 valence electrons. The average molecular weight is 706 g/mol. The molecule has 0 aromatic heterocycles. The quantitative estimate of drug-likeness (QED) is 0.104. The van der Waals surface area contributed by atoms with Crippen molar-refractivity contribution in [1.29, 1.82) is 0 Å². The van der Waals surface area contributed by atoms with Gasteiger partial charge in [0.15, 0.2) is 0 Å². The van der Waals surface area contributed by atoms with Crippen LogP contribution in [0.3, 0.4) is 0 Å². The number of fused-ring (bicyclic) bond motifs is 2. The van der Waals surface area contributed by atoms with Gasteiger partial charge in [-0.25, -0.2) is 4.79 Å². The topological polar surface area (TPSA) is 232 Å². The Balaban J connectivity index is 1.59. The number of phenolic OH excluding ortho intramolecular Hbond substituents is 1. The van der Waals surface area contributed by atoms with E-state index in [0.717, 1.165) is 11.0 Å². The minimum Gasteiger partial charge on any atom is -0.506 e. The molecule has 0 saturated heterocycles. The summed E-state index contributed by atoms with van der Waals surface area (Å²) in [6.07, 6.45) is 3.07. The van der Waals surface area contributed by atoms with E-state index in [-0.39, 0.29) is 64.1 Å². The molecule has 6 N–H and O–H groups in total. The first-order valence-electron chi connectivity index (χ1n) is 14.5. The molecule has 3 atom stereocenters. The SMILES string of the molecule is CC1C(C(=O)NCCCCC(C(=O)O)N(CC(=O)O)CC(=O)O)=CC=C(C(=O)O)C1c1c2cc(Cl)c(=O)cc-2oc2cc(O)c(Cl)cc12. The highest BCUT2D eigenvalue weighted by Gasteiger charge is 2.38. The van der Waals surface area contributed by atoms with Gasteiger partial charge in [0.25, 0.3) is 0 Å². The molecule has 2 aliphatic carbocycles. The van der Waals surface area contributed by atoms with Gasteiger partial charge in [-0.2, -0.15) is 0 Å². The second-order valence-electron chi connectivity index (χ2n) is 11.2. The lowest BCUT2D eigenvalue weighted by atomic mass is 9.71. The number of rotatable bonds is 14. The number of carboxylic acid groups (broad SMARTS) is 4. The zero-order valence-electron chi connectivity index (χ0n) is 25.2. The third-order valence-corrected chi connectivity index (χ3v) is 8.66. The normalized spacial score (nSPS) is 16.8. The molecule has 1 aromatic carbocycles. The van der Waals surface area contributed by atoms with Crippen LogP contribution in [0, 0.1) is 5.92 Å². The van der Waals surface area contributed by atoms with Crippen molar-refractivity contribution >= 4 is 64.0 Å². The maximum atomic E-state index is 13.4. The molecule has 3 unspecified atom stereocenters. The number of carbonyl (C=O) groups is 5. The van der Waals surface area contributed by atoms with Gasteiger partial charge >= 0.3 is 23.9 Å². The van der Waals surface area contributed by atoms with E-state index in [2.05, 4.69) is 5.32 Å². The van der Waals surface area contributed by atoms with Crippen LogP contribution in [0.25, 0.3) is 22.3 Å². The van der Waals surface area contributed by atoms with Crippen molar-refractivity contribution in [3.05, 3.63) is 73.4 Å². The molecule has 0 radical (unpaired) electrons. The summed E-state index contributed by atoms with van der Waals surface area (Å²) in [5.41, 5.74) is 0.332. The second kappa shape index (κ2) is 14.9. The zero-order valence-corrected chi connectivity index (χ0v) is 26.7. The maximum absolute atomic E-state index is 13.4. The summed E-state index contributed by atoms with van der Waals surface area (Å²) in [7, 11) is 0. The summed E-state index contributed by atoms with van der Waals surface area (Å²) in [5, 5.41) is 51.0. The number of allylic oxidation sites excluding steroid dienone is 2. The largest absolute Gasteiger partial charge is 0.506 e. The Morgan fingerprint density at radius 1 is 0.917 bits per heavy atom. The minimum atomic E-state index is -1.38. The van der Waals surface area contributed by atoms with E-state index in [9.17, 15) is 44.1 Å². The number of amides is 1. The number of hydrogen-bond donors (Lipinski definition) is 6. The number of aromatic hydroxyl groups is 1. The van der Waals surface area contributed by atoms with Gasteiger partial charge in [0.1, 0.15) is 23.1 Å². The Hall–Kier alpha value is -4.92. The van der Waals surface area contributed by atoms with Crippen LogP contribution in [0.15, 0.2) is 56.8 Å². The lowest BCUT2D eigenvalue weighted by Crippen LogP contribution is -2.46. The van der Waals surface area contributed by atoms with Crippen molar-refractivity contribution < 1.29 is 53.9 Å². The monoisotopic (exact) mass is 704 g/mol. The van der Waals surface area contributed by atoms with Gasteiger partial charge in [-0.1, -0.05) is 42.3 Å². The van der Waals surface area contributed by atoms with Gasteiger partial charge in [0.2, 0.25) is 11.3 Å². The van der Waals surface area contributed by atoms with Crippen molar-refractivity contribution in [1.82, 2.24) is 10.2 Å². The standard InChI is InChI=1S/C32H30Cl2N2O12/c1-14-15(30(43)35-7-3-2-4-21(32(46)47)36(12-26(39)40)13-27(41)42)5-6-16(31(44)45)28(14)29-17-8-19(33)22(37)10-24(17)48-25-11-23(38)20(34)9-18(25)29/h5-6,8-11,14,21,28,37H,2-4,7,12-13H2,1H3,(H,35,43)(H,39,40)(H,41,42)(H,44,45)(H,46,47). The first kappa shape index (κ1) is 35.9. The van der Waals surface area contributed by atoms with Crippen molar-refractivity contribution in [2.75, 3.05) is 19.6 Å². The molecular weight excluding hydrogens is 675 g/mol. The molecule has 1 aliphatic heterocycles. The second-order valence-corrected chi connectivity index (χ2v) is 12.0. The van der Waals surface area contributed by atoms with Gasteiger partial charge in [-0.05, 0) is 42.9 Å². The molecule has 1 amide bonds. The van der Waals surface area contributed by atoms with Crippen LogP contribution in [-0.2, 0) is 24.0 Å². The number of carbonyl (C=O) groups excluding carboxylic acids is 1. The third-order valence-electron chi connectivity index (χ3n) is 8.06. The van der Waals surface area contributed by atoms with E-state index < -0.39 is 66.2 Å². The first-order chi connectivity index (χ1) is 22.6. The minimum absolute atomic E-state index is 0.0538. The summed E-state index contributed by atoms with van der Waals surface area (Å²) < 4.78 is 5.88. The van der Waals surface area contributed by atoms with Crippen LogP contribution in [-0.4, -0.2) is 85.9 Å². The van der Waals surface area contributed by atoms with E-state index in [1.54, 1.807) is 6.92 Å². The summed E-state index contributed by atoms with van der Waals surface area (Å²) >= 11 is 12.4. The van der Waals surface area contributed by atoms with E-state index in [1.165, 1.54) is 30.4 Å². The molecule has 14 nitrogen and oxygen atoms in total. The molecule has 3 aliphatic rings. The highest BCUT2D eigenvalue weighted by molar-refractivity contribution is 6.33. The van der Waals surface area contributed by atoms with Crippen LogP contribution in [0.4, 0.5) is 0 Å². The number of hydrogen-bond acceptors (Lipinski definition) is 9. The fourth-order valence-electron chi connectivity index (χ4n) is 5.89. The molecule has 48 heavy (non-hydrogen) atoms. The van der Waals surface area contributed by atoms with Gasteiger partial charge < -0.3 is 35.3 Å². The maximum Gasteiger partial charge on any atom is 0.332 e. The molecule has 0 bridgehead atoms. The lowest BCUT2D eigenvalue weighted by Gasteiger charge is -2.32. The lowest BCUT2D eigenvalue weighted by molar-refractivity contribution is -0.149. The van der Waals surface area contributed by atoms with Gasteiger partial charge in [-0.3, -0.25) is 28.9 Å². The van der Waals surface area contributed by atoms with Gasteiger partial charge in [-0.15, -0.1) is 0 Å².